The van der Waals surface area contributed by atoms with Crippen molar-refractivity contribution in [1.82, 2.24) is 9.13 Å². The Balaban J connectivity index is 1.22. The average Bonchev–Trinajstić information content (AvgIpc) is 3.89. The molecular weight excluding hydrogens is 781 g/mol. The fraction of sp³-hybridized carbons (Fsp3) is 0. The van der Waals surface area contributed by atoms with Crippen LogP contribution in [0.5, 0.6) is 0 Å². The lowest BCUT2D eigenvalue weighted by Gasteiger charge is -2.42. The lowest BCUT2D eigenvalue weighted by Crippen LogP contribution is -2.05. The van der Waals surface area contributed by atoms with Gasteiger partial charge in [-0.3, -0.25) is 0 Å². The van der Waals surface area contributed by atoms with Gasteiger partial charge in [0.1, 0.15) is 0 Å². The van der Waals surface area contributed by atoms with Crippen molar-refractivity contribution in [2.24, 2.45) is 0 Å². The van der Waals surface area contributed by atoms with Gasteiger partial charge >= 0.3 is 0 Å². The molecular formula is C60H42N2S. The molecule has 0 N–H and O–H groups in total. The van der Waals surface area contributed by atoms with E-state index in [0.29, 0.717) is 0 Å². The van der Waals surface area contributed by atoms with Crippen molar-refractivity contribution in [2.45, 2.75) is 19.6 Å². The summed E-state index contributed by atoms with van der Waals surface area (Å²) >= 11 is 0. The van der Waals surface area contributed by atoms with Crippen LogP contribution in [0.15, 0.2) is 274 Å². The summed E-state index contributed by atoms with van der Waals surface area (Å²) < 4.78 is 4.97. The Morgan fingerprint density at radius 3 is 1.37 bits per heavy atom. The molecule has 12 aromatic rings. The van der Waals surface area contributed by atoms with E-state index >= 15 is 0 Å². The van der Waals surface area contributed by atoms with Gasteiger partial charge in [0.15, 0.2) is 0 Å². The molecule has 0 unspecified atom stereocenters. The van der Waals surface area contributed by atoms with Crippen LogP contribution in [0.4, 0.5) is 0 Å². The Labute approximate surface area is 368 Å². The summed E-state index contributed by atoms with van der Waals surface area (Å²) in [7, 11) is -2.04. The maximum Gasteiger partial charge on any atom is 0.0552 e. The van der Waals surface area contributed by atoms with E-state index in [0.717, 1.165) is 11.4 Å². The minimum absolute atomic E-state index is 1.13. The van der Waals surface area contributed by atoms with E-state index in [-0.39, 0.29) is 0 Å². The maximum absolute atomic E-state index is 2.49. The number of fused-ring (bicyclic) bond motifs is 6. The van der Waals surface area contributed by atoms with E-state index in [1.807, 2.05) is 0 Å². The van der Waals surface area contributed by atoms with E-state index in [2.05, 4.69) is 264 Å². The molecule has 0 radical (unpaired) electrons. The summed E-state index contributed by atoms with van der Waals surface area (Å²) in [4.78, 5) is 5.22. The highest BCUT2D eigenvalue weighted by Crippen LogP contribution is 2.75. The van der Waals surface area contributed by atoms with Gasteiger partial charge in [0.25, 0.3) is 0 Å². The summed E-state index contributed by atoms with van der Waals surface area (Å²) in [6.45, 7) is 0. The second-order valence-corrected chi connectivity index (χ2v) is 19.2. The Bertz CT molecular complexity index is 3500. The predicted octanol–water partition coefficient (Wildman–Crippen LogP) is 16.6. The standard InChI is InChI=1S/C60H42N2S/c1-6-21-43(22-7-1)45-25-18-26-46(41-45)61-55-40-39-47(62-54-35-17-16-33-52(54)59-51(34-19-36-56(59)62)44-23-8-2-9-24-44)42-53(55)60-57(61)37-20-38-58(60)63(48-27-10-3-11-28-48,49-29-12-4-13-30-49)50-31-14-5-15-32-50/h1-42H. The molecule has 0 amide bonds. The number of aromatic nitrogens is 2. The summed E-state index contributed by atoms with van der Waals surface area (Å²) in [6.07, 6.45) is 0. The molecule has 63 heavy (non-hydrogen) atoms. The van der Waals surface area contributed by atoms with Gasteiger partial charge < -0.3 is 9.13 Å². The van der Waals surface area contributed by atoms with Crippen LogP contribution in [0.25, 0.3) is 77.2 Å². The summed E-state index contributed by atoms with van der Waals surface area (Å²) in [5, 5.41) is 4.99. The van der Waals surface area contributed by atoms with Crippen molar-refractivity contribution in [3.05, 3.63) is 255 Å². The minimum Gasteiger partial charge on any atom is -0.309 e. The third-order valence-electron chi connectivity index (χ3n) is 12.6. The number of hydrogen-bond donors (Lipinski definition) is 0. The van der Waals surface area contributed by atoms with Crippen LogP contribution in [-0.4, -0.2) is 9.13 Å². The van der Waals surface area contributed by atoms with E-state index in [1.165, 1.54) is 85.4 Å². The first kappa shape index (κ1) is 37.0. The van der Waals surface area contributed by atoms with Gasteiger partial charge in [-0.15, -0.1) is 10.0 Å². The molecule has 0 spiro atoms. The van der Waals surface area contributed by atoms with Crippen LogP contribution in [0.3, 0.4) is 0 Å². The Hall–Kier alpha value is -7.85. The van der Waals surface area contributed by atoms with Crippen molar-refractivity contribution >= 4 is 53.6 Å². The molecule has 0 aliphatic heterocycles. The summed E-state index contributed by atoms with van der Waals surface area (Å²) in [5.41, 5.74) is 11.8. The largest absolute Gasteiger partial charge is 0.309 e. The van der Waals surface area contributed by atoms with Crippen LogP contribution < -0.4 is 0 Å². The van der Waals surface area contributed by atoms with Crippen molar-refractivity contribution in [3.8, 4) is 33.6 Å². The highest BCUT2D eigenvalue weighted by atomic mass is 32.3. The molecule has 0 saturated carbocycles. The molecule has 0 atom stereocenters. The quantitative estimate of drug-likeness (QED) is 0.144. The van der Waals surface area contributed by atoms with Gasteiger partial charge in [0.2, 0.25) is 0 Å². The zero-order valence-corrected chi connectivity index (χ0v) is 35.4. The first-order chi connectivity index (χ1) is 31.3. The lowest BCUT2D eigenvalue weighted by molar-refractivity contribution is 1.16. The highest BCUT2D eigenvalue weighted by Gasteiger charge is 2.36. The molecule has 10 aromatic carbocycles. The number of rotatable bonds is 8. The topological polar surface area (TPSA) is 9.86 Å². The fourth-order valence-corrected chi connectivity index (χ4v) is 14.0. The number of para-hydroxylation sites is 1. The van der Waals surface area contributed by atoms with Crippen LogP contribution in [0, 0.1) is 0 Å². The van der Waals surface area contributed by atoms with Gasteiger partial charge in [-0.05, 0) is 113 Å². The highest BCUT2D eigenvalue weighted by molar-refractivity contribution is 8.34. The van der Waals surface area contributed by atoms with Crippen molar-refractivity contribution in [3.63, 3.8) is 0 Å². The third-order valence-corrected chi connectivity index (χ3v) is 16.5. The van der Waals surface area contributed by atoms with E-state index in [1.54, 1.807) is 0 Å². The predicted molar refractivity (Wildman–Crippen MR) is 266 cm³/mol. The third kappa shape index (κ3) is 5.89. The number of hydrogen-bond acceptors (Lipinski definition) is 0. The van der Waals surface area contributed by atoms with E-state index in [9.17, 15) is 0 Å². The molecule has 0 bridgehead atoms. The smallest absolute Gasteiger partial charge is 0.0552 e. The van der Waals surface area contributed by atoms with Gasteiger partial charge in [0.05, 0.1) is 22.1 Å². The monoisotopic (exact) mass is 822 g/mol. The first-order valence-corrected chi connectivity index (χ1v) is 23.2. The van der Waals surface area contributed by atoms with Crippen molar-refractivity contribution < 1.29 is 0 Å². The second-order valence-electron chi connectivity index (χ2n) is 16.1. The zero-order chi connectivity index (χ0) is 41.7. The maximum atomic E-state index is 2.49. The van der Waals surface area contributed by atoms with Crippen LogP contribution in [0.1, 0.15) is 0 Å². The molecule has 0 aliphatic carbocycles. The second kappa shape index (κ2) is 15.3. The van der Waals surface area contributed by atoms with Gasteiger partial charge in [-0.1, -0.05) is 164 Å². The minimum atomic E-state index is -2.04. The molecule has 12 rings (SSSR count). The van der Waals surface area contributed by atoms with Crippen LogP contribution in [0.2, 0.25) is 0 Å². The summed E-state index contributed by atoms with van der Waals surface area (Å²) in [5.74, 6) is 0. The fourth-order valence-electron chi connectivity index (χ4n) is 9.97. The first-order valence-electron chi connectivity index (χ1n) is 21.6. The van der Waals surface area contributed by atoms with Crippen molar-refractivity contribution in [1.29, 1.82) is 0 Å². The van der Waals surface area contributed by atoms with Gasteiger partial charge in [-0.25, -0.2) is 0 Å². The molecule has 2 aromatic heterocycles. The Morgan fingerprint density at radius 2 is 0.730 bits per heavy atom. The van der Waals surface area contributed by atoms with E-state index < -0.39 is 10.0 Å². The van der Waals surface area contributed by atoms with Gasteiger partial charge in [0, 0.05) is 52.5 Å². The van der Waals surface area contributed by atoms with Crippen molar-refractivity contribution in [2.75, 3.05) is 0 Å². The Kier molecular flexibility index (Phi) is 8.95. The number of nitrogens with zero attached hydrogens (tertiary/aromatic N) is 2. The average molecular weight is 823 g/mol. The molecule has 3 heteroatoms. The molecule has 0 fully saturated rings. The van der Waals surface area contributed by atoms with E-state index in [4.69, 9.17) is 0 Å². The normalized spacial score (nSPS) is 12.1. The molecule has 298 valence electrons. The summed E-state index contributed by atoms with van der Waals surface area (Å²) in [6, 6.07) is 94.0. The van der Waals surface area contributed by atoms with Crippen LogP contribution in [-0.2, 0) is 0 Å². The molecule has 0 saturated heterocycles. The zero-order valence-electron chi connectivity index (χ0n) is 34.6. The molecule has 2 nitrogen and oxygen atoms in total. The number of benzene rings is 10. The molecule has 2 heterocycles. The Morgan fingerprint density at radius 1 is 0.270 bits per heavy atom. The molecule has 0 aliphatic rings. The van der Waals surface area contributed by atoms with Crippen LogP contribution >= 0.6 is 10.0 Å². The lowest BCUT2D eigenvalue weighted by atomic mass is 9.99. The van der Waals surface area contributed by atoms with Gasteiger partial charge in [-0.2, -0.15) is 0 Å². The SMILES string of the molecule is c1ccc(-c2cccc(-n3c4ccc(-n5c6ccccc6c6c(-c7ccccc7)cccc65)cc4c4c(S(c5ccccc5)(c5ccccc5)c5ccccc5)cccc43)c2)cc1.